The van der Waals surface area contributed by atoms with Crippen LogP contribution in [0.2, 0.25) is 0 Å². The van der Waals surface area contributed by atoms with E-state index in [9.17, 15) is 0 Å². The summed E-state index contributed by atoms with van der Waals surface area (Å²) in [5, 5.41) is 8.35. The molecule has 0 heterocycles. The lowest BCUT2D eigenvalue weighted by molar-refractivity contribution is 0.240. The fraction of sp³-hybridized carbons (Fsp3) is 0.300. The van der Waals surface area contributed by atoms with Gasteiger partial charge in [0.25, 0.3) is 0 Å². The maximum absolute atomic E-state index is 8.35. The Morgan fingerprint density at radius 2 is 2.21 bits per heavy atom. The molecule has 0 aliphatic carbocycles. The predicted molar refractivity (Wildman–Crippen MR) is 61.3 cm³/mol. The zero-order valence-corrected chi connectivity index (χ0v) is 9.75. The molecule has 0 amide bonds. The summed E-state index contributed by atoms with van der Waals surface area (Å²) in [5.74, 6) is 0.500. The summed E-state index contributed by atoms with van der Waals surface area (Å²) < 4.78 is 0.926. The number of halogens is 1. The first-order valence-electron chi connectivity index (χ1n) is 4.36. The van der Waals surface area contributed by atoms with Gasteiger partial charge in [-0.1, -0.05) is 19.9 Å². The van der Waals surface area contributed by atoms with Gasteiger partial charge in [0.2, 0.25) is 0 Å². The van der Waals surface area contributed by atoms with Crippen LogP contribution in [0.4, 0.5) is 5.69 Å². The lowest BCUT2D eigenvalue weighted by Gasteiger charge is -2.06. The van der Waals surface area contributed by atoms with Crippen LogP contribution >= 0.6 is 15.9 Å². The van der Waals surface area contributed by atoms with Gasteiger partial charge in [0.1, 0.15) is 6.34 Å². The van der Waals surface area contributed by atoms with E-state index >= 15 is 0 Å². The van der Waals surface area contributed by atoms with Crippen molar-refractivity contribution in [2.24, 2.45) is 4.99 Å². The summed E-state index contributed by atoms with van der Waals surface area (Å²) in [6.07, 6.45) is 1.23. The molecule has 0 aliphatic heterocycles. The molecule has 0 fully saturated rings. The van der Waals surface area contributed by atoms with E-state index in [0.29, 0.717) is 5.92 Å². The molecule has 0 spiro atoms. The molecular formula is C10H13BrN2O. The highest BCUT2D eigenvalue weighted by molar-refractivity contribution is 9.10. The van der Waals surface area contributed by atoms with Crippen molar-refractivity contribution < 1.29 is 5.21 Å². The second kappa shape index (κ2) is 5.12. The van der Waals surface area contributed by atoms with Crippen molar-refractivity contribution in [1.82, 2.24) is 5.48 Å². The highest BCUT2D eigenvalue weighted by Crippen LogP contribution is 2.28. The first kappa shape index (κ1) is 11.2. The molecular weight excluding hydrogens is 244 g/mol. The standard InChI is InChI=1S/C10H13BrN2O/c1-7(2)8-3-4-10(9(11)5-8)12-6-13-14/h3-7,14H,1-2H3,(H,12,13). The van der Waals surface area contributed by atoms with Crippen LogP contribution in [0.5, 0.6) is 0 Å². The van der Waals surface area contributed by atoms with Crippen molar-refractivity contribution in [3.63, 3.8) is 0 Å². The number of hydrogen-bond donors (Lipinski definition) is 2. The van der Waals surface area contributed by atoms with Gasteiger partial charge in [0.15, 0.2) is 0 Å². The van der Waals surface area contributed by atoms with E-state index in [2.05, 4.69) is 34.8 Å². The molecule has 0 aromatic heterocycles. The van der Waals surface area contributed by atoms with Crippen molar-refractivity contribution in [1.29, 1.82) is 0 Å². The minimum Gasteiger partial charge on any atom is -0.290 e. The predicted octanol–water partition coefficient (Wildman–Crippen LogP) is 3.21. The van der Waals surface area contributed by atoms with Crippen LogP contribution in [0.3, 0.4) is 0 Å². The maximum Gasteiger partial charge on any atom is 0.113 e. The fourth-order valence-electron chi connectivity index (χ4n) is 1.09. The monoisotopic (exact) mass is 256 g/mol. The molecule has 0 aliphatic rings. The third-order valence-electron chi connectivity index (χ3n) is 1.90. The van der Waals surface area contributed by atoms with Gasteiger partial charge >= 0.3 is 0 Å². The van der Waals surface area contributed by atoms with E-state index in [4.69, 9.17) is 5.21 Å². The normalized spacial score (nSPS) is 11.2. The van der Waals surface area contributed by atoms with Crippen LogP contribution in [0.15, 0.2) is 27.7 Å². The lowest BCUT2D eigenvalue weighted by atomic mass is 10.0. The minimum absolute atomic E-state index is 0.500. The molecule has 3 nitrogen and oxygen atoms in total. The van der Waals surface area contributed by atoms with Gasteiger partial charge in [-0.15, -0.1) is 0 Å². The number of rotatable bonds is 3. The largest absolute Gasteiger partial charge is 0.290 e. The Labute approximate surface area is 92.0 Å². The first-order valence-corrected chi connectivity index (χ1v) is 5.16. The topological polar surface area (TPSA) is 44.6 Å². The number of nitrogens with one attached hydrogen (secondary N) is 1. The van der Waals surface area contributed by atoms with E-state index in [1.54, 1.807) is 0 Å². The summed E-state index contributed by atoms with van der Waals surface area (Å²) in [4.78, 5) is 3.99. The Morgan fingerprint density at radius 3 is 2.71 bits per heavy atom. The second-order valence-electron chi connectivity index (χ2n) is 3.25. The zero-order chi connectivity index (χ0) is 10.6. The maximum atomic E-state index is 8.35. The number of nitrogens with zero attached hydrogens (tertiary/aromatic N) is 1. The highest BCUT2D eigenvalue weighted by atomic mass is 79.9. The van der Waals surface area contributed by atoms with Crippen LogP contribution in [-0.2, 0) is 0 Å². The van der Waals surface area contributed by atoms with Crippen LogP contribution in [-0.4, -0.2) is 11.5 Å². The summed E-state index contributed by atoms with van der Waals surface area (Å²) >= 11 is 3.42. The average Bonchev–Trinajstić information content (AvgIpc) is 2.15. The Hall–Kier alpha value is -0.870. The summed E-state index contributed by atoms with van der Waals surface area (Å²) in [6.45, 7) is 4.28. The SMILES string of the molecule is CC(C)c1ccc(N=CNO)c(Br)c1. The fourth-order valence-corrected chi connectivity index (χ4v) is 1.58. The van der Waals surface area contributed by atoms with Gasteiger partial charge in [0, 0.05) is 4.47 Å². The molecule has 1 rings (SSSR count). The molecule has 0 atom stereocenters. The summed E-state index contributed by atoms with van der Waals surface area (Å²) in [5.41, 5.74) is 3.91. The molecule has 0 saturated carbocycles. The third-order valence-corrected chi connectivity index (χ3v) is 2.53. The Kier molecular flexibility index (Phi) is 4.10. The molecule has 1 aromatic rings. The van der Waals surface area contributed by atoms with Gasteiger partial charge < -0.3 is 0 Å². The van der Waals surface area contributed by atoms with E-state index in [-0.39, 0.29) is 0 Å². The molecule has 1 aromatic carbocycles. The molecule has 0 saturated heterocycles. The van der Waals surface area contributed by atoms with E-state index in [0.717, 1.165) is 10.2 Å². The van der Waals surface area contributed by atoms with Gasteiger partial charge in [-0.2, -0.15) is 0 Å². The Morgan fingerprint density at radius 1 is 1.50 bits per heavy atom. The smallest absolute Gasteiger partial charge is 0.113 e. The van der Waals surface area contributed by atoms with Crippen molar-refractivity contribution in [2.75, 3.05) is 0 Å². The van der Waals surface area contributed by atoms with Gasteiger partial charge in [-0.3, -0.25) is 10.7 Å². The summed E-state index contributed by atoms with van der Waals surface area (Å²) in [6, 6.07) is 5.97. The van der Waals surface area contributed by atoms with E-state index in [1.165, 1.54) is 11.9 Å². The van der Waals surface area contributed by atoms with Gasteiger partial charge in [-0.25, -0.2) is 4.99 Å². The van der Waals surface area contributed by atoms with Crippen molar-refractivity contribution in [2.45, 2.75) is 19.8 Å². The molecule has 0 unspecified atom stereocenters. The van der Waals surface area contributed by atoms with Crippen LogP contribution in [0.1, 0.15) is 25.3 Å². The zero-order valence-electron chi connectivity index (χ0n) is 8.16. The molecule has 2 N–H and O–H groups in total. The van der Waals surface area contributed by atoms with Crippen LogP contribution in [0, 0.1) is 0 Å². The molecule has 4 heteroatoms. The van der Waals surface area contributed by atoms with Crippen LogP contribution in [0.25, 0.3) is 0 Å². The van der Waals surface area contributed by atoms with Crippen molar-refractivity contribution >= 4 is 28.0 Å². The second-order valence-corrected chi connectivity index (χ2v) is 4.11. The number of aliphatic imine (C=N–C) groups is 1. The summed E-state index contributed by atoms with van der Waals surface area (Å²) in [7, 11) is 0. The van der Waals surface area contributed by atoms with Crippen LogP contribution < -0.4 is 5.48 Å². The highest BCUT2D eigenvalue weighted by Gasteiger charge is 2.02. The lowest BCUT2D eigenvalue weighted by Crippen LogP contribution is -2.01. The number of hydroxylamine groups is 1. The molecule has 0 radical (unpaired) electrons. The minimum atomic E-state index is 0.500. The molecule has 14 heavy (non-hydrogen) atoms. The van der Waals surface area contributed by atoms with Crippen molar-refractivity contribution in [3.05, 3.63) is 28.2 Å². The number of benzene rings is 1. The van der Waals surface area contributed by atoms with Crippen molar-refractivity contribution in [3.8, 4) is 0 Å². The average molecular weight is 257 g/mol. The van der Waals surface area contributed by atoms with Gasteiger partial charge in [-0.05, 0) is 39.5 Å². The molecule has 76 valence electrons. The Balaban J connectivity index is 2.95. The van der Waals surface area contributed by atoms with Gasteiger partial charge in [0.05, 0.1) is 5.69 Å². The van der Waals surface area contributed by atoms with E-state index < -0.39 is 0 Å². The third kappa shape index (κ3) is 2.82. The number of hydrogen-bond acceptors (Lipinski definition) is 2. The Bertz CT molecular complexity index is 337. The van der Waals surface area contributed by atoms with E-state index in [1.807, 2.05) is 23.7 Å². The molecule has 0 bridgehead atoms. The first-order chi connectivity index (χ1) is 6.65. The quantitative estimate of drug-likeness (QED) is 0.496.